The third kappa shape index (κ3) is 7.23. The zero-order valence-corrected chi connectivity index (χ0v) is 22.1. The first-order valence-electron chi connectivity index (χ1n) is 13.8. The lowest BCUT2D eigenvalue weighted by molar-refractivity contribution is -0.120. The number of hydrogen-bond acceptors (Lipinski definition) is 5. The van der Waals surface area contributed by atoms with Crippen molar-refractivity contribution in [2.24, 2.45) is 0 Å². The molecular weight excluding hydrogens is 450 g/mol. The number of nitrogens with zero attached hydrogens (tertiary/aromatic N) is 2. The van der Waals surface area contributed by atoms with Gasteiger partial charge in [0.15, 0.2) is 0 Å². The molecule has 0 radical (unpaired) electrons. The van der Waals surface area contributed by atoms with E-state index in [1.54, 1.807) is 7.11 Å². The molecule has 2 saturated heterocycles. The molecule has 1 N–H and O–H groups in total. The van der Waals surface area contributed by atoms with Crippen molar-refractivity contribution < 1.29 is 14.3 Å². The van der Waals surface area contributed by atoms with Crippen LogP contribution in [0.1, 0.15) is 62.6 Å². The fraction of sp³-hybridized carbons (Fsp3) is 0.567. The fourth-order valence-electron chi connectivity index (χ4n) is 5.65. The van der Waals surface area contributed by atoms with Crippen LogP contribution in [-0.4, -0.2) is 68.2 Å². The average Bonchev–Trinajstić information content (AvgIpc) is 2.93. The molecule has 2 aromatic carbocycles. The van der Waals surface area contributed by atoms with Gasteiger partial charge in [0, 0.05) is 31.2 Å². The largest absolute Gasteiger partial charge is 0.496 e. The van der Waals surface area contributed by atoms with E-state index in [1.807, 2.05) is 36.4 Å². The zero-order valence-electron chi connectivity index (χ0n) is 22.1. The summed E-state index contributed by atoms with van der Waals surface area (Å²) in [6, 6.07) is 16.9. The molecular formula is C30H43N3O3. The van der Waals surface area contributed by atoms with E-state index < -0.39 is 0 Å². The molecule has 196 valence electrons. The molecule has 0 bridgehead atoms. The molecule has 2 heterocycles. The van der Waals surface area contributed by atoms with Crippen LogP contribution in [0.5, 0.6) is 11.5 Å². The summed E-state index contributed by atoms with van der Waals surface area (Å²) in [5.41, 5.74) is 2.11. The van der Waals surface area contributed by atoms with Crippen LogP contribution < -0.4 is 14.8 Å². The maximum atomic E-state index is 13.0. The van der Waals surface area contributed by atoms with Gasteiger partial charge in [-0.25, -0.2) is 0 Å². The minimum absolute atomic E-state index is 0.0331. The highest BCUT2D eigenvalue weighted by Gasteiger charge is 2.31. The Balaban J connectivity index is 1.39. The molecule has 2 aliphatic rings. The van der Waals surface area contributed by atoms with Crippen LogP contribution in [0.25, 0.3) is 0 Å². The van der Waals surface area contributed by atoms with Crippen LogP contribution in [0.2, 0.25) is 0 Å². The smallest absolute Gasteiger partial charge is 0.224 e. The Morgan fingerprint density at radius 2 is 1.81 bits per heavy atom. The number of benzene rings is 2. The van der Waals surface area contributed by atoms with Gasteiger partial charge in [-0.3, -0.25) is 9.69 Å². The predicted molar refractivity (Wildman–Crippen MR) is 145 cm³/mol. The standard InChI is InChI=1S/C30H43N3O3/c1-3-20-36-26-11-9-10-24(21-26)22-30(34)31-23-28(27-12-5-6-13-29(27)35-2)33-18-14-25(15-19-33)32-16-7-4-8-17-32/h5-6,9-13,21,25,28H,3-4,7-8,14-20,22-23H2,1-2H3,(H,31,34). The van der Waals surface area contributed by atoms with Crippen molar-refractivity contribution in [3.63, 3.8) is 0 Å². The third-order valence-corrected chi connectivity index (χ3v) is 7.57. The maximum absolute atomic E-state index is 13.0. The van der Waals surface area contributed by atoms with Crippen molar-refractivity contribution in [1.82, 2.24) is 15.1 Å². The molecule has 6 nitrogen and oxygen atoms in total. The Bertz CT molecular complexity index is 952. The second kappa shape index (κ2) is 13.7. The Morgan fingerprint density at radius 1 is 1.03 bits per heavy atom. The number of rotatable bonds is 11. The molecule has 6 heteroatoms. The molecule has 2 aromatic rings. The average molecular weight is 494 g/mol. The summed E-state index contributed by atoms with van der Waals surface area (Å²) < 4.78 is 11.5. The minimum Gasteiger partial charge on any atom is -0.496 e. The first kappa shape index (κ1) is 26.5. The van der Waals surface area contributed by atoms with E-state index in [0.717, 1.165) is 42.1 Å². The molecule has 0 saturated carbocycles. The highest BCUT2D eigenvalue weighted by atomic mass is 16.5. The van der Waals surface area contributed by atoms with Crippen molar-refractivity contribution in [3.8, 4) is 11.5 Å². The fourth-order valence-corrected chi connectivity index (χ4v) is 5.65. The first-order valence-corrected chi connectivity index (χ1v) is 13.8. The van der Waals surface area contributed by atoms with Gasteiger partial charge in [-0.1, -0.05) is 43.7 Å². The van der Waals surface area contributed by atoms with Crippen LogP contribution in [0.3, 0.4) is 0 Å². The van der Waals surface area contributed by atoms with Gasteiger partial charge in [0.25, 0.3) is 0 Å². The number of para-hydroxylation sites is 1. The normalized spacial score (nSPS) is 18.5. The van der Waals surface area contributed by atoms with E-state index in [-0.39, 0.29) is 11.9 Å². The lowest BCUT2D eigenvalue weighted by Crippen LogP contribution is -2.49. The molecule has 2 aliphatic heterocycles. The highest BCUT2D eigenvalue weighted by molar-refractivity contribution is 5.78. The number of carbonyl (C=O) groups is 1. The number of amides is 1. The predicted octanol–water partition coefficient (Wildman–Crippen LogP) is 4.83. The molecule has 1 amide bonds. The van der Waals surface area contributed by atoms with E-state index in [9.17, 15) is 4.79 Å². The number of likely N-dealkylation sites (tertiary alicyclic amines) is 2. The van der Waals surface area contributed by atoms with Crippen LogP contribution in [0.4, 0.5) is 0 Å². The van der Waals surface area contributed by atoms with Gasteiger partial charge in [-0.05, 0) is 69.0 Å². The Kier molecular flexibility index (Phi) is 10.1. The summed E-state index contributed by atoms with van der Waals surface area (Å²) >= 11 is 0. The zero-order chi connectivity index (χ0) is 25.2. The summed E-state index contributed by atoms with van der Waals surface area (Å²) in [6.07, 6.45) is 7.73. The topological polar surface area (TPSA) is 54.0 Å². The van der Waals surface area contributed by atoms with E-state index >= 15 is 0 Å². The summed E-state index contributed by atoms with van der Waals surface area (Å²) in [7, 11) is 1.73. The Morgan fingerprint density at radius 3 is 2.56 bits per heavy atom. The van der Waals surface area contributed by atoms with Gasteiger partial charge in [-0.15, -0.1) is 0 Å². The molecule has 2 fully saturated rings. The lowest BCUT2D eigenvalue weighted by Gasteiger charge is -2.43. The SMILES string of the molecule is CCCOc1cccc(CC(=O)NCC(c2ccccc2OC)N2CCC(N3CCCCC3)CC2)c1. The monoisotopic (exact) mass is 493 g/mol. The van der Waals surface area contributed by atoms with E-state index in [4.69, 9.17) is 9.47 Å². The van der Waals surface area contributed by atoms with Gasteiger partial charge in [-0.2, -0.15) is 0 Å². The number of methoxy groups -OCH3 is 1. The third-order valence-electron chi connectivity index (χ3n) is 7.57. The van der Waals surface area contributed by atoms with Gasteiger partial charge in [0.05, 0.1) is 26.2 Å². The molecule has 1 unspecified atom stereocenters. The molecule has 1 atom stereocenters. The van der Waals surface area contributed by atoms with Crippen molar-refractivity contribution in [3.05, 3.63) is 59.7 Å². The second-order valence-corrected chi connectivity index (χ2v) is 10.1. The van der Waals surface area contributed by atoms with Crippen LogP contribution in [-0.2, 0) is 11.2 Å². The maximum Gasteiger partial charge on any atom is 0.224 e. The van der Waals surface area contributed by atoms with Crippen molar-refractivity contribution in [1.29, 1.82) is 0 Å². The molecule has 36 heavy (non-hydrogen) atoms. The van der Waals surface area contributed by atoms with Gasteiger partial charge < -0.3 is 19.7 Å². The number of piperidine rings is 2. The number of hydrogen-bond donors (Lipinski definition) is 1. The summed E-state index contributed by atoms with van der Waals surface area (Å²) in [4.78, 5) is 18.2. The van der Waals surface area contributed by atoms with Gasteiger partial charge in [0.1, 0.15) is 11.5 Å². The lowest BCUT2D eigenvalue weighted by atomic mass is 9.96. The van der Waals surface area contributed by atoms with Gasteiger partial charge >= 0.3 is 0 Å². The molecule has 0 aliphatic carbocycles. The van der Waals surface area contributed by atoms with Crippen molar-refractivity contribution >= 4 is 5.91 Å². The summed E-state index contributed by atoms with van der Waals surface area (Å²) in [6.45, 7) is 7.92. The second-order valence-electron chi connectivity index (χ2n) is 10.1. The first-order chi connectivity index (χ1) is 17.7. The quantitative estimate of drug-likeness (QED) is 0.486. The van der Waals surface area contributed by atoms with Crippen LogP contribution in [0.15, 0.2) is 48.5 Å². The molecule has 0 spiro atoms. The number of ether oxygens (including phenoxy) is 2. The minimum atomic E-state index is 0.0331. The highest BCUT2D eigenvalue weighted by Crippen LogP contribution is 2.32. The Labute approximate surface area is 217 Å². The summed E-state index contributed by atoms with van der Waals surface area (Å²) in [5.74, 6) is 1.74. The van der Waals surface area contributed by atoms with Crippen LogP contribution in [0, 0.1) is 0 Å². The van der Waals surface area contributed by atoms with E-state index in [2.05, 4.69) is 34.2 Å². The summed E-state index contributed by atoms with van der Waals surface area (Å²) in [5, 5.41) is 3.23. The van der Waals surface area contributed by atoms with Crippen LogP contribution >= 0.6 is 0 Å². The molecule has 0 aromatic heterocycles. The molecule has 4 rings (SSSR count). The van der Waals surface area contributed by atoms with Crippen molar-refractivity contribution in [2.75, 3.05) is 46.4 Å². The Hall–Kier alpha value is -2.57. The van der Waals surface area contributed by atoms with E-state index in [0.29, 0.717) is 25.6 Å². The van der Waals surface area contributed by atoms with Crippen molar-refractivity contribution in [2.45, 2.75) is 64.0 Å². The number of nitrogens with one attached hydrogen (secondary N) is 1. The number of carbonyl (C=O) groups excluding carboxylic acids is 1. The van der Waals surface area contributed by atoms with Gasteiger partial charge in [0.2, 0.25) is 5.91 Å². The van der Waals surface area contributed by atoms with E-state index in [1.165, 1.54) is 45.2 Å².